The van der Waals surface area contributed by atoms with Gasteiger partial charge in [-0.15, -0.1) is 0 Å². The molecular formula is C20H32O4. The Morgan fingerprint density at radius 1 is 1.21 bits per heavy atom. The molecular weight excluding hydrogens is 304 g/mol. The highest BCUT2D eigenvalue weighted by Crippen LogP contribution is 2.56. The fourth-order valence-corrected chi connectivity index (χ4v) is 5.32. The van der Waals surface area contributed by atoms with E-state index >= 15 is 0 Å². The largest absolute Gasteiger partial charge is 0.465 e. The number of carbonyl (C=O) groups is 2. The number of hydrogen-bond acceptors (Lipinski definition) is 4. The van der Waals surface area contributed by atoms with Gasteiger partial charge in [-0.05, 0) is 43.4 Å². The van der Waals surface area contributed by atoms with E-state index in [0.717, 1.165) is 19.3 Å². The summed E-state index contributed by atoms with van der Waals surface area (Å²) in [5.41, 5.74) is -0.398. The van der Waals surface area contributed by atoms with E-state index in [1.807, 2.05) is 6.92 Å². The molecule has 0 amide bonds. The molecule has 0 aromatic rings. The molecule has 2 bridgehead atoms. The number of fused-ring (bicyclic) bond motifs is 5. The normalized spacial score (nSPS) is 37.3. The van der Waals surface area contributed by atoms with Crippen molar-refractivity contribution in [2.75, 3.05) is 6.61 Å². The lowest BCUT2D eigenvalue weighted by Gasteiger charge is -2.39. The Morgan fingerprint density at radius 3 is 2.46 bits per heavy atom. The fraction of sp³-hybridized carbons (Fsp3) is 0.900. The van der Waals surface area contributed by atoms with Crippen molar-refractivity contribution >= 4 is 11.9 Å². The van der Waals surface area contributed by atoms with Gasteiger partial charge in [-0.3, -0.25) is 9.59 Å². The lowest BCUT2D eigenvalue weighted by Crippen LogP contribution is -2.42. The molecule has 3 aliphatic rings. The summed E-state index contributed by atoms with van der Waals surface area (Å²) in [6, 6.07) is 0. The lowest BCUT2D eigenvalue weighted by molar-refractivity contribution is -0.169. The minimum atomic E-state index is -0.471. The molecule has 3 rings (SSSR count). The van der Waals surface area contributed by atoms with Crippen molar-refractivity contribution in [2.45, 2.75) is 66.9 Å². The van der Waals surface area contributed by atoms with Crippen LogP contribution in [-0.4, -0.2) is 24.6 Å². The summed E-state index contributed by atoms with van der Waals surface area (Å²) in [6.45, 7) is 13.3. The van der Waals surface area contributed by atoms with Crippen LogP contribution in [0.3, 0.4) is 0 Å². The van der Waals surface area contributed by atoms with Gasteiger partial charge in [0.25, 0.3) is 0 Å². The van der Waals surface area contributed by atoms with Gasteiger partial charge in [0.15, 0.2) is 0 Å². The van der Waals surface area contributed by atoms with E-state index in [1.165, 1.54) is 0 Å². The maximum absolute atomic E-state index is 13.1. The van der Waals surface area contributed by atoms with Crippen LogP contribution in [-0.2, 0) is 19.1 Å². The Hall–Kier alpha value is -1.06. The van der Waals surface area contributed by atoms with E-state index in [1.54, 1.807) is 0 Å². The van der Waals surface area contributed by atoms with Gasteiger partial charge in [-0.25, -0.2) is 0 Å². The van der Waals surface area contributed by atoms with Crippen LogP contribution in [0.15, 0.2) is 0 Å². The monoisotopic (exact) mass is 336 g/mol. The van der Waals surface area contributed by atoms with Crippen LogP contribution in [0.4, 0.5) is 0 Å². The third kappa shape index (κ3) is 2.86. The van der Waals surface area contributed by atoms with Crippen molar-refractivity contribution in [1.82, 2.24) is 0 Å². The summed E-state index contributed by atoms with van der Waals surface area (Å²) in [4.78, 5) is 24.9. The Labute approximate surface area is 145 Å². The minimum Gasteiger partial charge on any atom is -0.465 e. The summed E-state index contributed by atoms with van der Waals surface area (Å²) < 4.78 is 11.3. The molecule has 1 aliphatic heterocycles. The van der Waals surface area contributed by atoms with Gasteiger partial charge >= 0.3 is 11.9 Å². The second-order valence-electron chi connectivity index (χ2n) is 9.97. The minimum absolute atomic E-state index is 0.0305. The second kappa shape index (κ2) is 5.74. The molecule has 6 unspecified atom stereocenters. The van der Waals surface area contributed by atoms with Crippen molar-refractivity contribution in [3.8, 4) is 0 Å². The Balaban J connectivity index is 1.70. The maximum Gasteiger partial charge on any atom is 0.312 e. The molecule has 0 N–H and O–H groups in total. The molecule has 3 fully saturated rings. The SMILES string of the molecule is CC(C)C(C)(CC(C)(C)C)C(=O)OC1CC2CC1C1COC(=O)C21. The lowest BCUT2D eigenvalue weighted by atomic mass is 9.68. The Bertz CT molecular complexity index is 532. The molecule has 6 atom stereocenters. The molecule has 1 heterocycles. The van der Waals surface area contributed by atoms with E-state index in [4.69, 9.17) is 9.47 Å². The molecule has 4 heteroatoms. The van der Waals surface area contributed by atoms with Crippen LogP contribution in [0.25, 0.3) is 0 Å². The zero-order valence-electron chi connectivity index (χ0n) is 15.9. The van der Waals surface area contributed by atoms with Crippen LogP contribution >= 0.6 is 0 Å². The Morgan fingerprint density at radius 2 is 1.88 bits per heavy atom. The third-order valence-electron chi connectivity index (χ3n) is 6.69. The average Bonchev–Trinajstić information content (AvgIpc) is 3.09. The number of rotatable bonds is 4. The van der Waals surface area contributed by atoms with Crippen molar-refractivity contribution in [3.63, 3.8) is 0 Å². The zero-order valence-corrected chi connectivity index (χ0v) is 15.9. The van der Waals surface area contributed by atoms with E-state index in [0.29, 0.717) is 18.4 Å². The first kappa shape index (κ1) is 17.8. The van der Waals surface area contributed by atoms with E-state index in [-0.39, 0.29) is 41.2 Å². The number of cyclic esters (lactones) is 1. The average molecular weight is 336 g/mol. The molecule has 0 aromatic carbocycles. The molecule has 24 heavy (non-hydrogen) atoms. The number of carbonyl (C=O) groups excluding carboxylic acids is 2. The van der Waals surface area contributed by atoms with E-state index in [2.05, 4.69) is 34.6 Å². The first-order valence-corrected chi connectivity index (χ1v) is 9.40. The van der Waals surface area contributed by atoms with E-state index < -0.39 is 5.41 Å². The number of ether oxygens (including phenoxy) is 2. The Kier molecular flexibility index (Phi) is 4.25. The van der Waals surface area contributed by atoms with Gasteiger partial charge in [0, 0.05) is 11.8 Å². The molecule has 2 saturated carbocycles. The van der Waals surface area contributed by atoms with Gasteiger partial charge in [0.1, 0.15) is 6.10 Å². The smallest absolute Gasteiger partial charge is 0.312 e. The van der Waals surface area contributed by atoms with Crippen LogP contribution in [0, 0.1) is 40.4 Å². The van der Waals surface area contributed by atoms with Crippen molar-refractivity contribution < 1.29 is 19.1 Å². The molecule has 2 aliphatic carbocycles. The van der Waals surface area contributed by atoms with Crippen molar-refractivity contribution in [1.29, 1.82) is 0 Å². The highest BCUT2D eigenvalue weighted by atomic mass is 16.6. The summed E-state index contributed by atoms with van der Waals surface area (Å²) in [6.07, 6.45) is 2.62. The predicted molar refractivity (Wildman–Crippen MR) is 91.1 cm³/mol. The quantitative estimate of drug-likeness (QED) is 0.732. The third-order valence-corrected chi connectivity index (χ3v) is 6.69. The van der Waals surface area contributed by atoms with E-state index in [9.17, 15) is 9.59 Å². The van der Waals surface area contributed by atoms with Gasteiger partial charge in [-0.2, -0.15) is 0 Å². The standard InChI is InChI=1S/C20H32O4/c1-11(2)20(6,10-19(3,4)5)18(22)24-15-8-12-7-13(15)14-9-23-17(21)16(12)14/h11-16H,7-10H2,1-6H3. The molecule has 0 radical (unpaired) electrons. The summed E-state index contributed by atoms with van der Waals surface area (Å²) >= 11 is 0. The van der Waals surface area contributed by atoms with Crippen LogP contribution in [0.2, 0.25) is 0 Å². The summed E-state index contributed by atoms with van der Waals surface area (Å²) in [5, 5.41) is 0. The van der Waals surface area contributed by atoms with Gasteiger partial charge in [0.05, 0.1) is 17.9 Å². The predicted octanol–water partition coefficient (Wildman–Crippen LogP) is 3.83. The zero-order chi connectivity index (χ0) is 17.9. The van der Waals surface area contributed by atoms with Gasteiger partial charge < -0.3 is 9.47 Å². The first-order valence-electron chi connectivity index (χ1n) is 9.40. The highest BCUT2D eigenvalue weighted by Gasteiger charge is 2.60. The van der Waals surface area contributed by atoms with Crippen LogP contribution in [0.5, 0.6) is 0 Å². The van der Waals surface area contributed by atoms with Gasteiger partial charge in [-0.1, -0.05) is 34.6 Å². The first-order chi connectivity index (χ1) is 11.0. The second-order valence-corrected chi connectivity index (χ2v) is 9.97. The topological polar surface area (TPSA) is 52.6 Å². The van der Waals surface area contributed by atoms with Gasteiger partial charge in [0.2, 0.25) is 0 Å². The van der Waals surface area contributed by atoms with Crippen molar-refractivity contribution in [2.24, 2.45) is 40.4 Å². The number of esters is 2. The number of hydrogen-bond donors (Lipinski definition) is 0. The summed E-state index contributed by atoms with van der Waals surface area (Å²) in [5.74, 6) is 1.12. The van der Waals surface area contributed by atoms with Crippen molar-refractivity contribution in [3.05, 3.63) is 0 Å². The summed E-state index contributed by atoms with van der Waals surface area (Å²) in [7, 11) is 0. The molecule has 0 spiro atoms. The highest BCUT2D eigenvalue weighted by molar-refractivity contribution is 5.78. The van der Waals surface area contributed by atoms with Crippen LogP contribution in [0.1, 0.15) is 60.8 Å². The molecule has 0 aromatic heterocycles. The fourth-order valence-electron chi connectivity index (χ4n) is 5.32. The maximum atomic E-state index is 13.1. The molecule has 1 saturated heterocycles. The molecule has 136 valence electrons. The van der Waals surface area contributed by atoms with Crippen LogP contribution < -0.4 is 0 Å². The molecule has 4 nitrogen and oxygen atoms in total.